The summed E-state index contributed by atoms with van der Waals surface area (Å²) in [6.45, 7) is 4.72. The number of anilines is 1. The molecule has 2 amide bonds. The van der Waals surface area contributed by atoms with Crippen molar-refractivity contribution in [3.05, 3.63) is 63.6 Å². The lowest BCUT2D eigenvalue weighted by atomic mass is 9.96. The molecule has 7 heteroatoms. The summed E-state index contributed by atoms with van der Waals surface area (Å²) < 4.78 is 0. The number of likely N-dealkylation sites (tertiary alicyclic amines) is 1. The molecule has 3 rings (SSSR count). The Kier molecular flexibility index (Phi) is 8.14. The van der Waals surface area contributed by atoms with Crippen LogP contribution in [0.4, 0.5) is 5.69 Å². The lowest BCUT2D eigenvalue weighted by Crippen LogP contribution is -2.40. The van der Waals surface area contributed by atoms with Gasteiger partial charge in [0.15, 0.2) is 0 Å². The molecule has 1 atom stereocenters. The maximum Gasteiger partial charge on any atom is 0.253 e. The van der Waals surface area contributed by atoms with Crippen LogP contribution in [0.1, 0.15) is 42.1 Å². The van der Waals surface area contributed by atoms with Crippen molar-refractivity contribution in [2.45, 2.75) is 32.7 Å². The Morgan fingerprint density at radius 2 is 1.83 bits per heavy atom. The van der Waals surface area contributed by atoms with Crippen LogP contribution in [-0.2, 0) is 11.3 Å². The summed E-state index contributed by atoms with van der Waals surface area (Å²) in [5.74, 6) is -0.404. The first-order valence-corrected chi connectivity index (χ1v) is 11.1. The highest BCUT2D eigenvalue weighted by Crippen LogP contribution is 2.28. The smallest absolute Gasteiger partial charge is 0.253 e. The SMILES string of the molecule is CCCNC(=O)c1ccccc1NC(=O)C1CCCN(Cc2c(Cl)cccc2Cl)C1. The van der Waals surface area contributed by atoms with Gasteiger partial charge in [0.25, 0.3) is 5.91 Å². The molecule has 0 aromatic heterocycles. The number of nitrogens with one attached hydrogen (secondary N) is 2. The first-order valence-electron chi connectivity index (χ1n) is 10.3. The summed E-state index contributed by atoms with van der Waals surface area (Å²) in [5.41, 5.74) is 1.91. The zero-order chi connectivity index (χ0) is 21.5. The number of nitrogens with zero attached hydrogens (tertiary/aromatic N) is 1. The number of carbonyl (C=O) groups excluding carboxylic acids is 2. The molecule has 2 aromatic carbocycles. The number of carbonyl (C=O) groups is 2. The van der Waals surface area contributed by atoms with Gasteiger partial charge in [-0.3, -0.25) is 14.5 Å². The molecular weight excluding hydrogens is 421 g/mol. The molecule has 160 valence electrons. The van der Waals surface area contributed by atoms with E-state index in [-0.39, 0.29) is 17.7 Å². The van der Waals surface area contributed by atoms with Crippen LogP contribution >= 0.6 is 23.2 Å². The molecule has 0 bridgehead atoms. The molecule has 1 fully saturated rings. The fraction of sp³-hybridized carbons (Fsp3) is 0.391. The van der Waals surface area contributed by atoms with Gasteiger partial charge in [-0.05, 0) is 50.1 Å². The summed E-state index contributed by atoms with van der Waals surface area (Å²) >= 11 is 12.6. The molecule has 2 aromatic rings. The Balaban J connectivity index is 1.66. The fourth-order valence-corrected chi connectivity index (χ4v) is 4.20. The second-order valence-corrected chi connectivity index (χ2v) is 8.38. The van der Waals surface area contributed by atoms with Crippen molar-refractivity contribution in [3.8, 4) is 0 Å². The van der Waals surface area contributed by atoms with Gasteiger partial charge in [0, 0.05) is 35.2 Å². The molecule has 0 spiro atoms. The van der Waals surface area contributed by atoms with Crippen LogP contribution in [0.2, 0.25) is 10.0 Å². The number of rotatable bonds is 7. The van der Waals surface area contributed by atoms with Crippen molar-refractivity contribution in [1.29, 1.82) is 0 Å². The van der Waals surface area contributed by atoms with Crippen molar-refractivity contribution >= 4 is 40.7 Å². The highest BCUT2D eigenvalue weighted by molar-refractivity contribution is 6.35. The molecule has 1 aliphatic rings. The van der Waals surface area contributed by atoms with Crippen molar-refractivity contribution in [3.63, 3.8) is 0 Å². The van der Waals surface area contributed by atoms with Crippen molar-refractivity contribution in [2.75, 3.05) is 25.0 Å². The Morgan fingerprint density at radius 1 is 1.10 bits per heavy atom. The van der Waals surface area contributed by atoms with Gasteiger partial charge in [-0.25, -0.2) is 0 Å². The number of amides is 2. The molecule has 0 saturated carbocycles. The normalized spacial score (nSPS) is 16.8. The molecule has 5 nitrogen and oxygen atoms in total. The van der Waals surface area contributed by atoms with Crippen molar-refractivity contribution < 1.29 is 9.59 Å². The van der Waals surface area contributed by atoms with Gasteiger partial charge in [0.05, 0.1) is 17.2 Å². The van der Waals surface area contributed by atoms with E-state index in [1.165, 1.54) is 0 Å². The molecule has 1 unspecified atom stereocenters. The van der Waals surface area contributed by atoms with Gasteiger partial charge in [0.1, 0.15) is 0 Å². The molecule has 1 saturated heterocycles. The number of para-hydroxylation sites is 1. The maximum atomic E-state index is 13.0. The van der Waals surface area contributed by atoms with Crippen molar-refractivity contribution in [2.24, 2.45) is 5.92 Å². The topological polar surface area (TPSA) is 61.4 Å². The van der Waals surface area contributed by atoms with E-state index < -0.39 is 0 Å². The van der Waals surface area contributed by atoms with Crippen LogP contribution < -0.4 is 10.6 Å². The first kappa shape index (κ1) is 22.6. The Hall–Kier alpha value is -2.08. The number of halogens is 2. The van der Waals surface area contributed by atoms with E-state index in [2.05, 4.69) is 15.5 Å². The van der Waals surface area contributed by atoms with Gasteiger partial charge in [-0.15, -0.1) is 0 Å². The minimum absolute atomic E-state index is 0.0688. The van der Waals surface area contributed by atoms with Gasteiger partial charge in [-0.1, -0.05) is 48.3 Å². The molecule has 1 aliphatic heterocycles. The fourth-order valence-electron chi connectivity index (χ4n) is 3.68. The average molecular weight is 448 g/mol. The predicted octanol–water partition coefficient (Wildman–Crippen LogP) is 4.98. The quantitative estimate of drug-likeness (QED) is 0.628. The van der Waals surface area contributed by atoms with Crippen molar-refractivity contribution in [1.82, 2.24) is 10.2 Å². The monoisotopic (exact) mass is 447 g/mol. The lowest BCUT2D eigenvalue weighted by molar-refractivity contribution is -0.121. The predicted molar refractivity (Wildman–Crippen MR) is 122 cm³/mol. The zero-order valence-electron chi connectivity index (χ0n) is 17.1. The number of benzene rings is 2. The second kappa shape index (κ2) is 10.8. The summed E-state index contributed by atoms with van der Waals surface area (Å²) in [7, 11) is 0. The zero-order valence-corrected chi connectivity index (χ0v) is 18.6. The third-order valence-corrected chi connectivity index (χ3v) is 5.99. The molecule has 0 aliphatic carbocycles. The Morgan fingerprint density at radius 3 is 2.57 bits per heavy atom. The summed E-state index contributed by atoms with van der Waals surface area (Å²) in [6, 6.07) is 12.6. The Labute approximate surface area is 187 Å². The Bertz CT molecular complexity index is 884. The largest absolute Gasteiger partial charge is 0.352 e. The highest BCUT2D eigenvalue weighted by Gasteiger charge is 2.27. The molecule has 2 N–H and O–H groups in total. The lowest BCUT2D eigenvalue weighted by Gasteiger charge is -2.32. The van der Waals surface area contributed by atoms with Gasteiger partial charge >= 0.3 is 0 Å². The summed E-state index contributed by atoms with van der Waals surface area (Å²) in [5, 5.41) is 7.11. The van der Waals surface area contributed by atoms with Gasteiger partial charge in [-0.2, -0.15) is 0 Å². The molecule has 0 radical (unpaired) electrons. The average Bonchev–Trinajstić information content (AvgIpc) is 2.75. The van der Waals surface area contributed by atoms with Crippen LogP contribution in [0.25, 0.3) is 0 Å². The minimum atomic E-state index is -0.175. The number of hydrogen-bond acceptors (Lipinski definition) is 3. The third kappa shape index (κ3) is 5.75. The van der Waals surface area contributed by atoms with E-state index in [4.69, 9.17) is 23.2 Å². The van der Waals surface area contributed by atoms with E-state index in [1.807, 2.05) is 31.2 Å². The second-order valence-electron chi connectivity index (χ2n) is 7.57. The van der Waals surface area contributed by atoms with Crippen LogP contribution in [0.5, 0.6) is 0 Å². The van der Waals surface area contributed by atoms with E-state index >= 15 is 0 Å². The van der Waals surface area contributed by atoms with Crippen LogP contribution in [0.3, 0.4) is 0 Å². The maximum absolute atomic E-state index is 13.0. The summed E-state index contributed by atoms with van der Waals surface area (Å²) in [6.07, 6.45) is 2.58. The van der Waals surface area contributed by atoms with Crippen LogP contribution in [-0.4, -0.2) is 36.3 Å². The minimum Gasteiger partial charge on any atom is -0.352 e. The molecular formula is C23H27Cl2N3O2. The van der Waals surface area contributed by atoms with Crippen LogP contribution in [0, 0.1) is 5.92 Å². The van der Waals surface area contributed by atoms with E-state index in [0.717, 1.165) is 31.4 Å². The van der Waals surface area contributed by atoms with E-state index in [1.54, 1.807) is 18.2 Å². The van der Waals surface area contributed by atoms with E-state index in [0.29, 0.717) is 40.9 Å². The first-order chi connectivity index (χ1) is 14.5. The van der Waals surface area contributed by atoms with Gasteiger partial charge in [0.2, 0.25) is 5.91 Å². The third-order valence-electron chi connectivity index (χ3n) is 5.28. The standard InChI is InChI=1S/C23H27Cl2N3O2/c1-2-12-26-23(30)17-8-3-4-11-21(17)27-22(29)16-7-6-13-28(14-16)15-18-19(24)9-5-10-20(18)25/h3-5,8-11,16H,2,6-7,12-15H2,1H3,(H,26,30)(H,27,29). The number of hydrogen-bond donors (Lipinski definition) is 2. The highest BCUT2D eigenvalue weighted by atomic mass is 35.5. The van der Waals surface area contributed by atoms with Crippen LogP contribution in [0.15, 0.2) is 42.5 Å². The number of piperidine rings is 1. The molecule has 30 heavy (non-hydrogen) atoms. The summed E-state index contributed by atoms with van der Waals surface area (Å²) in [4.78, 5) is 27.6. The van der Waals surface area contributed by atoms with E-state index in [9.17, 15) is 9.59 Å². The molecule has 1 heterocycles. The van der Waals surface area contributed by atoms with Gasteiger partial charge < -0.3 is 10.6 Å².